The highest BCUT2D eigenvalue weighted by Crippen LogP contribution is 2.38. The minimum atomic E-state index is -0.644. The Kier molecular flexibility index (Phi) is 6.14. The van der Waals surface area contributed by atoms with Gasteiger partial charge in [0.25, 0.3) is 0 Å². The molecule has 0 saturated heterocycles. The van der Waals surface area contributed by atoms with E-state index in [1.807, 2.05) is 20.8 Å². The van der Waals surface area contributed by atoms with Gasteiger partial charge in [0.15, 0.2) is 17.2 Å². The number of rotatable bonds is 6. The number of esters is 1. The van der Waals surface area contributed by atoms with Crippen molar-refractivity contribution >= 4 is 33.9 Å². The summed E-state index contributed by atoms with van der Waals surface area (Å²) in [5, 5.41) is 0. The van der Waals surface area contributed by atoms with Gasteiger partial charge in [-0.1, -0.05) is 12.1 Å². The highest BCUT2D eigenvalue weighted by Gasteiger charge is 2.26. The Morgan fingerprint density at radius 1 is 1.29 bits per heavy atom. The number of hydrogen-bond acceptors (Lipinski definition) is 5. The van der Waals surface area contributed by atoms with Crippen LogP contribution in [0.15, 0.2) is 51.6 Å². The van der Waals surface area contributed by atoms with E-state index in [1.165, 1.54) is 12.1 Å². The summed E-state index contributed by atoms with van der Waals surface area (Å²) in [7, 11) is 0. The third kappa shape index (κ3) is 4.42. The summed E-state index contributed by atoms with van der Waals surface area (Å²) in [5.41, 5.74) is 0.873. The van der Waals surface area contributed by atoms with Crippen LogP contribution in [0.1, 0.15) is 31.9 Å². The molecule has 2 aromatic rings. The fourth-order valence-electron chi connectivity index (χ4n) is 2.60. The molecule has 0 aliphatic carbocycles. The number of halogens is 2. The molecule has 0 fully saturated rings. The number of ether oxygens (including phenoxy) is 3. The van der Waals surface area contributed by atoms with E-state index in [-0.39, 0.29) is 23.3 Å². The minimum Gasteiger partial charge on any atom is -0.490 e. The molecule has 5 nitrogen and oxygen atoms in total. The molecule has 0 bridgehead atoms. The second-order valence-corrected chi connectivity index (χ2v) is 7.10. The SMILES string of the molecule is CCOc1cc(/C=C2\N=C(c3ccccc3F)OC2=O)cc(Br)c1OC(C)C. The third-order valence-electron chi connectivity index (χ3n) is 3.71. The minimum absolute atomic E-state index is 0.0301. The van der Waals surface area contributed by atoms with Gasteiger partial charge in [-0.25, -0.2) is 14.2 Å². The quantitative estimate of drug-likeness (QED) is 0.455. The van der Waals surface area contributed by atoms with Crippen LogP contribution < -0.4 is 9.47 Å². The van der Waals surface area contributed by atoms with Crippen molar-refractivity contribution in [3.05, 3.63) is 63.5 Å². The van der Waals surface area contributed by atoms with E-state index >= 15 is 0 Å². The summed E-state index contributed by atoms with van der Waals surface area (Å²) in [6.45, 7) is 6.17. The van der Waals surface area contributed by atoms with Gasteiger partial charge in [0.2, 0.25) is 5.90 Å². The molecule has 1 heterocycles. The molecular formula is C21H19BrFNO4. The van der Waals surface area contributed by atoms with Crippen molar-refractivity contribution in [1.82, 2.24) is 0 Å². The zero-order valence-corrected chi connectivity index (χ0v) is 17.2. The molecular weight excluding hydrogens is 429 g/mol. The zero-order valence-electron chi connectivity index (χ0n) is 15.7. The van der Waals surface area contributed by atoms with Crippen molar-refractivity contribution in [2.75, 3.05) is 6.61 Å². The van der Waals surface area contributed by atoms with E-state index in [0.717, 1.165) is 0 Å². The first-order valence-electron chi connectivity index (χ1n) is 8.79. The number of nitrogens with zero attached hydrogens (tertiary/aromatic N) is 1. The molecule has 0 radical (unpaired) electrons. The fraction of sp³-hybridized carbons (Fsp3) is 0.238. The van der Waals surface area contributed by atoms with Gasteiger partial charge in [0, 0.05) is 0 Å². The molecule has 28 heavy (non-hydrogen) atoms. The van der Waals surface area contributed by atoms with Gasteiger partial charge in [-0.2, -0.15) is 0 Å². The number of carbonyl (C=O) groups is 1. The lowest BCUT2D eigenvalue weighted by atomic mass is 10.1. The lowest BCUT2D eigenvalue weighted by Crippen LogP contribution is -2.08. The van der Waals surface area contributed by atoms with Crippen LogP contribution in [0.4, 0.5) is 4.39 Å². The normalized spacial score (nSPS) is 15.0. The Morgan fingerprint density at radius 3 is 2.71 bits per heavy atom. The van der Waals surface area contributed by atoms with Gasteiger partial charge in [0.1, 0.15) is 5.82 Å². The topological polar surface area (TPSA) is 57.1 Å². The predicted octanol–water partition coefficient (Wildman–Crippen LogP) is 5.12. The molecule has 0 unspecified atom stereocenters. The average Bonchev–Trinajstić information content (AvgIpc) is 2.99. The summed E-state index contributed by atoms with van der Waals surface area (Å²) >= 11 is 3.48. The highest BCUT2D eigenvalue weighted by atomic mass is 79.9. The molecule has 0 atom stereocenters. The largest absolute Gasteiger partial charge is 0.490 e. The van der Waals surface area contributed by atoms with E-state index in [0.29, 0.717) is 28.1 Å². The number of aliphatic imine (C=N–C) groups is 1. The van der Waals surface area contributed by atoms with Crippen molar-refractivity contribution < 1.29 is 23.4 Å². The van der Waals surface area contributed by atoms with Crippen LogP contribution >= 0.6 is 15.9 Å². The zero-order chi connectivity index (χ0) is 20.3. The van der Waals surface area contributed by atoms with Crippen molar-refractivity contribution in [2.24, 2.45) is 4.99 Å². The van der Waals surface area contributed by atoms with Crippen molar-refractivity contribution in [2.45, 2.75) is 26.9 Å². The molecule has 3 rings (SSSR count). The molecule has 7 heteroatoms. The molecule has 0 N–H and O–H groups in total. The molecule has 2 aromatic carbocycles. The van der Waals surface area contributed by atoms with Crippen LogP contribution in [0.5, 0.6) is 11.5 Å². The van der Waals surface area contributed by atoms with Crippen LogP contribution in [-0.4, -0.2) is 24.6 Å². The lowest BCUT2D eigenvalue weighted by Gasteiger charge is -2.16. The van der Waals surface area contributed by atoms with Gasteiger partial charge in [-0.15, -0.1) is 0 Å². The van der Waals surface area contributed by atoms with Crippen LogP contribution in [0.3, 0.4) is 0 Å². The van der Waals surface area contributed by atoms with E-state index in [1.54, 1.807) is 30.3 Å². The maximum Gasteiger partial charge on any atom is 0.363 e. The first-order chi connectivity index (χ1) is 13.4. The third-order valence-corrected chi connectivity index (χ3v) is 4.30. The van der Waals surface area contributed by atoms with Crippen LogP contribution in [-0.2, 0) is 9.53 Å². The maximum atomic E-state index is 13.9. The predicted molar refractivity (Wildman–Crippen MR) is 108 cm³/mol. The van der Waals surface area contributed by atoms with E-state index in [2.05, 4.69) is 20.9 Å². The Labute approximate surface area is 171 Å². The second-order valence-electron chi connectivity index (χ2n) is 6.25. The van der Waals surface area contributed by atoms with Crippen molar-refractivity contribution in [3.63, 3.8) is 0 Å². The Balaban J connectivity index is 1.98. The monoisotopic (exact) mass is 447 g/mol. The molecule has 0 spiro atoms. The van der Waals surface area contributed by atoms with Crippen LogP contribution in [0.25, 0.3) is 6.08 Å². The summed E-state index contributed by atoms with van der Waals surface area (Å²) in [6.07, 6.45) is 1.53. The smallest absolute Gasteiger partial charge is 0.363 e. The standard InChI is InChI=1S/C21H19BrFNO4/c1-4-26-18-11-13(9-15(22)19(18)27-12(2)3)10-17-21(25)28-20(24-17)14-7-5-6-8-16(14)23/h5-12H,4H2,1-3H3/b17-10-. The molecule has 0 amide bonds. The first kappa shape index (κ1) is 20.1. The van der Waals surface area contributed by atoms with Gasteiger partial charge >= 0.3 is 5.97 Å². The number of hydrogen-bond donors (Lipinski definition) is 0. The van der Waals surface area contributed by atoms with E-state index < -0.39 is 11.8 Å². The van der Waals surface area contributed by atoms with Crippen molar-refractivity contribution in [1.29, 1.82) is 0 Å². The molecule has 1 aliphatic rings. The van der Waals surface area contributed by atoms with E-state index in [4.69, 9.17) is 14.2 Å². The Bertz CT molecular complexity index is 969. The first-order valence-corrected chi connectivity index (χ1v) is 9.58. The number of carbonyl (C=O) groups excluding carboxylic acids is 1. The van der Waals surface area contributed by atoms with Crippen LogP contribution in [0, 0.1) is 5.82 Å². The molecule has 0 saturated carbocycles. The van der Waals surface area contributed by atoms with Gasteiger partial charge in [-0.3, -0.25) is 0 Å². The molecule has 146 valence electrons. The molecule has 1 aliphatic heterocycles. The van der Waals surface area contributed by atoms with Crippen LogP contribution in [0.2, 0.25) is 0 Å². The summed E-state index contributed by atoms with van der Waals surface area (Å²) < 4.78 is 31.2. The highest BCUT2D eigenvalue weighted by molar-refractivity contribution is 9.10. The second kappa shape index (κ2) is 8.56. The number of benzene rings is 2. The molecule has 0 aromatic heterocycles. The van der Waals surface area contributed by atoms with E-state index in [9.17, 15) is 9.18 Å². The van der Waals surface area contributed by atoms with Gasteiger partial charge in [0.05, 0.1) is 22.7 Å². The summed E-state index contributed by atoms with van der Waals surface area (Å²) in [4.78, 5) is 16.3. The lowest BCUT2D eigenvalue weighted by molar-refractivity contribution is -0.129. The van der Waals surface area contributed by atoms with Gasteiger partial charge in [-0.05, 0) is 72.6 Å². The maximum absolute atomic E-state index is 13.9. The Morgan fingerprint density at radius 2 is 2.04 bits per heavy atom. The van der Waals surface area contributed by atoms with Crippen molar-refractivity contribution in [3.8, 4) is 11.5 Å². The Hall–Kier alpha value is -2.67. The summed E-state index contributed by atoms with van der Waals surface area (Å²) in [6, 6.07) is 9.54. The van der Waals surface area contributed by atoms with Gasteiger partial charge < -0.3 is 14.2 Å². The average molecular weight is 448 g/mol. The number of cyclic esters (lactones) is 1. The fourth-order valence-corrected chi connectivity index (χ4v) is 3.15. The summed E-state index contributed by atoms with van der Waals surface area (Å²) in [5.74, 6) is -0.0782.